The summed E-state index contributed by atoms with van der Waals surface area (Å²) in [5, 5.41) is 17.9. The van der Waals surface area contributed by atoms with E-state index in [2.05, 4.69) is 0 Å². The topological polar surface area (TPSA) is 61.1 Å². The van der Waals surface area contributed by atoms with E-state index in [9.17, 15) is 14.3 Å². The van der Waals surface area contributed by atoms with Crippen LogP contribution in [0.15, 0.2) is 42.5 Å². The van der Waals surface area contributed by atoms with Gasteiger partial charge in [-0.3, -0.25) is 0 Å². The van der Waals surface area contributed by atoms with Gasteiger partial charge in [-0.25, -0.2) is 9.18 Å². The quantitative estimate of drug-likeness (QED) is 0.926. The predicted molar refractivity (Wildman–Crippen MR) is 72.0 cm³/mol. The van der Waals surface area contributed by atoms with E-state index in [1.807, 2.05) is 6.92 Å². The van der Waals surface area contributed by atoms with E-state index < -0.39 is 11.8 Å². The molecule has 0 amide bonds. The van der Waals surface area contributed by atoms with Gasteiger partial charge in [0.05, 0.1) is 11.1 Å². The molecule has 0 fully saturated rings. The van der Waals surface area contributed by atoms with Gasteiger partial charge < -0.3 is 5.11 Å². The second-order valence-corrected chi connectivity index (χ2v) is 4.47. The van der Waals surface area contributed by atoms with Crippen LogP contribution in [0, 0.1) is 17.1 Å². The van der Waals surface area contributed by atoms with E-state index in [0.29, 0.717) is 11.1 Å². The molecule has 0 bridgehead atoms. The van der Waals surface area contributed by atoms with Crippen LogP contribution in [-0.4, -0.2) is 11.1 Å². The molecule has 0 aliphatic carbocycles. The minimum Gasteiger partial charge on any atom is -0.478 e. The summed E-state index contributed by atoms with van der Waals surface area (Å²) in [6.07, 6.45) is 0. The maximum Gasteiger partial charge on any atom is 0.335 e. The maximum atomic E-state index is 13.6. The van der Waals surface area contributed by atoms with Crippen LogP contribution in [-0.2, 0) is 0 Å². The predicted octanol–water partition coefficient (Wildman–Crippen LogP) is 3.55. The lowest BCUT2D eigenvalue weighted by Crippen LogP contribution is -2.06. The molecule has 0 aliphatic heterocycles. The van der Waals surface area contributed by atoms with Gasteiger partial charge in [-0.2, -0.15) is 5.26 Å². The van der Waals surface area contributed by atoms with Crippen LogP contribution in [0.3, 0.4) is 0 Å². The van der Waals surface area contributed by atoms with Gasteiger partial charge in [0.15, 0.2) is 0 Å². The van der Waals surface area contributed by atoms with Crippen molar-refractivity contribution in [2.24, 2.45) is 0 Å². The van der Waals surface area contributed by atoms with Gasteiger partial charge in [0, 0.05) is 5.92 Å². The molecule has 0 heterocycles. The van der Waals surface area contributed by atoms with Crippen molar-refractivity contribution in [1.29, 1.82) is 5.26 Å². The molecular formula is C16H12FNO2. The van der Waals surface area contributed by atoms with Gasteiger partial charge in [0.25, 0.3) is 0 Å². The van der Waals surface area contributed by atoms with E-state index in [4.69, 9.17) is 5.26 Å². The number of benzene rings is 2. The largest absolute Gasteiger partial charge is 0.478 e. The minimum atomic E-state index is -1.01. The molecule has 2 aromatic carbocycles. The number of nitriles is 1. The number of halogens is 1. The molecule has 0 saturated heterocycles. The molecule has 4 heteroatoms. The fourth-order valence-corrected chi connectivity index (χ4v) is 2.14. The zero-order valence-corrected chi connectivity index (χ0v) is 10.8. The summed E-state index contributed by atoms with van der Waals surface area (Å²) in [6, 6.07) is 12.7. The molecule has 2 rings (SSSR count). The molecule has 0 spiro atoms. The number of hydrogen-bond acceptors (Lipinski definition) is 2. The second kappa shape index (κ2) is 5.54. The van der Waals surface area contributed by atoms with Gasteiger partial charge in [-0.15, -0.1) is 0 Å². The normalized spacial score (nSPS) is 11.7. The first-order chi connectivity index (χ1) is 9.54. The number of carboxylic acids is 1. The number of hydrogen-bond donors (Lipinski definition) is 1. The van der Waals surface area contributed by atoms with Crippen molar-refractivity contribution in [2.45, 2.75) is 12.8 Å². The number of rotatable bonds is 3. The summed E-state index contributed by atoms with van der Waals surface area (Å²) in [4.78, 5) is 11.2. The Balaban J connectivity index is 2.47. The van der Waals surface area contributed by atoms with E-state index in [1.54, 1.807) is 30.3 Å². The van der Waals surface area contributed by atoms with E-state index >= 15 is 0 Å². The van der Waals surface area contributed by atoms with Crippen LogP contribution in [0.2, 0.25) is 0 Å². The number of aromatic carboxylic acids is 1. The third-order valence-electron chi connectivity index (χ3n) is 3.27. The van der Waals surface area contributed by atoms with Crippen molar-refractivity contribution in [3.63, 3.8) is 0 Å². The molecule has 20 heavy (non-hydrogen) atoms. The van der Waals surface area contributed by atoms with E-state index in [0.717, 1.165) is 0 Å². The lowest BCUT2D eigenvalue weighted by Gasteiger charge is -2.15. The summed E-state index contributed by atoms with van der Waals surface area (Å²) in [7, 11) is 0. The summed E-state index contributed by atoms with van der Waals surface area (Å²) in [6.45, 7) is 1.81. The highest BCUT2D eigenvalue weighted by Crippen LogP contribution is 2.28. The summed E-state index contributed by atoms with van der Waals surface area (Å²) in [5.41, 5.74) is 1.43. The standard InChI is InChI=1S/C16H12FNO2/c1-10(11-6-7-12(9-18)15(17)8-11)13-4-2-3-5-14(13)16(19)20/h2-8,10H,1H3,(H,19,20). The molecule has 1 unspecified atom stereocenters. The first-order valence-corrected chi connectivity index (χ1v) is 6.06. The molecule has 0 aromatic heterocycles. The average Bonchev–Trinajstić information content (AvgIpc) is 2.46. The van der Waals surface area contributed by atoms with Crippen molar-refractivity contribution in [3.05, 3.63) is 70.5 Å². The fourth-order valence-electron chi connectivity index (χ4n) is 2.14. The molecule has 0 radical (unpaired) electrons. The maximum absolute atomic E-state index is 13.6. The molecule has 100 valence electrons. The summed E-state index contributed by atoms with van der Waals surface area (Å²) in [5.74, 6) is -1.88. The Labute approximate surface area is 115 Å². The van der Waals surface area contributed by atoms with Gasteiger partial charge >= 0.3 is 5.97 Å². The van der Waals surface area contributed by atoms with Crippen molar-refractivity contribution in [1.82, 2.24) is 0 Å². The third kappa shape index (κ3) is 2.52. The Morgan fingerprint density at radius 2 is 2.00 bits per heavy atom. The number of nitrogens with zero attached hydrogens (tertiary/aromatic N) is 1. The lowest BCUT2D eigenvalue weighted by atomic mass is 9.89. The molecule has 2 aromatic rings. The first-order valence-electron chi connectivity index (χ1n) is 6.06. The van der Waals surface area contributed by atoms with Gasteiger partial charge in [-0.1, -0.05) is 31.2 Å². The molecule has 0 aliphatic rings. The monoisotopic (exact) mass is 269 g/mol. The highest BCUT2D eigenvalue weighted by molar-refractivity contribution is 5.89. The average molecular weight is 269 g/mol. The van der Waals surface area contributed by atoms with Gasteiger partial charge in [0.2, 0.25) is 0 Å². The zero-order chi connectivity index (χ0) is 14.7. The number of carbonyl (C=O) groups is 1. The number of carboxylic acid groups (broad SMARTS) is 1. The summed E-state index contributed by atoms with van der Waals surface area (Å²) < 4.78 is 13.6. The van der Waals surface area contributed by atoms with Crippen molar-refractivity contribution in [3.8, 4) is 6.07 Å². The molecule has 1 atom stereocenters. The highest BCUT2D eigenvalue weighted by atomic mass is 19.1. The molecule has 3 nitrogen and oxygen atoms in total. The van der Waals surface area contributed by atoms with Crippen molar-refractivity contribution >= 4 is 5.97 Å². The molecular weight excluding hydrogens is 257 g/mol. The van der Waals surface area contributed by atoms with Crippen LogP contribution >= 0.6 is 0 Å². The smallest absolute Gasteiger partial charge is 0.335 e. The van der Waals surface area contributed by atoms with Gasteiger partial charge in [0.1, 0.15) is 11.9 Å². The van der Waals surface area contributed by atoms with Gasteiger partial charge in [-0.05, 0) is 29.3 Å². The van der Waals surface area contributed by atoms with Crippen LogP contribution in [0.25, 0.3) is 0 Å². The van der Waals surface area contributed by atoms with Crippen molar-refractivity contribution in [2.75, 3.05) is 0 Å². The van der Waals surface area contributed by atoms with E-state index in [-0.39, 0.29) is 17.0 Å². The Morgan fingerprint density at radius 3 is 2.60 bits per heavy atom. The van der Waals surface area contributed by atoms with Crippen LogP contribution in [0.1, 0.15) is 39.9 Å². The van der Waals surface area contributed by atoms with Crippen LogP contribution in [0.4, 0.5) is 4.39 Å². The second-order valence-electron chi connectivity index (χ2n) is 4.47. The Morgan fingerprint density at radius 1 is 1.30 bits per heavy atom. The first kappa shape index (κ1) is 13.8. The third-order valence-corrected chi connectivity index (χ3v) is 3.27. The molecule has 1 N–H and O–H groups in total. The van der Waals surface area contributed by atoms with Crippen LogP contribution < -0.4 is 0 Å². The highest BCUT2D eigenvalue weighted by Gasteiger charge is 2.17. The Bertz CT molecular complexity index is 704. The Kier molecular flexibility index (Phi) is 3.81. The minimum absolute atomic E-state index is 0.0209. The Hall–Kier alpha value is -2.67. The SMILES string of the molecule is CC(c1ccc(C#N)c(F)c1)c1ccccc1C(=O)O. The fraction of sp³-hybridized carbons (Fsp3) is 0.125. The lowest BCUT2D eigenvalue weighted by molar-refractivity contribution is 0.0695. The van der Waals surface area contributed by atoms with Crippen LogP contribution in [0.5, 0.6) is 0 Å². The summed E-state index contributed by atoms with van der Waals surface area (Å²) >= 11 is 0. The van der Waals surface area contributed by atoms with Crippen molar-refractivity contribution < 1.29 is 14.3 Å². The zero-order valence-electron chi connectivity index (χ0n) is 10.8. The molecule has 0 saturated carbocycles. The van der Waals surface area contributed by atoms with E-state index in [1.165, 1.54) is 18.2 Å².